The quantitative estimate of drug-likeness (QED) is 0.695. The highest BCUT2D eigenvalue weighted by atomic mass is 16.7. The molecule has 3 atom stereocenters. The highest BCUT2D eigenvalue weighted by Crippen LogP contribution is 2.60. The Bertz CT molecular complexity index is 434. The van der Waals surface area contributed by atoms with Crippen LogP contribution in [-0.4, -0.2) is 32.1 Å². The smallest absolute Gasteiger partial charge is 0.308 e. The van der Waals surface area contributed by atoms with Crippen molar-refractivity contribution in [3.63, 3.8) is 0 Å². The second-order valence-corrected chi connectivity index (χ2v) is 8.50. The fourth-order valence-electron chi connectivity index (χ4n) is 4.85. The zero-order valence-electron chi connectivity index (χ0n) is 14.4. The third-order valence-corrected chi connectivity index (χ3v) is 6.29. The molecule has 0 unspecified atom stereocenters. The molecule has 22 heavy (non-hydrogen) atoms. The van der Waals surface area contributed by atoms with Crippen LogP contribution in [0.2, 0.25) is 0 Å². The van der Waals surface area contributed by atoms with Gasteiger partial charge in [-0.25, -0.2) is 0 Å². The maximum Gasteiger partial charge on any atom is 0.308 e. The molecule has 4 heteroatoms. The molecule has 0 aromatic heterocycles. The number of hydrogen-bond donors (Lipinski definition) is 0. The highest BCUT2D eigenvalue weighted by molar-refractivity contribution is 5.72. The highest BCUT2D eigenvalue weighted by Gasteiger charge is 2.61. The third-order valence-electron chi connectivity index (χ3n) is 6.29. The first kappa shape index (κ1) is 16.3. The van der Waals surface area contributed by atoms with Crippen molar-refractivity contribution in [3.8, 4) is 0 Å². The molecule has 0 amide bonds. The van der Waals surface area contributed by atoms with Crippen molar-refractivity contribution in [2.45, 2.75) is 65.1 Å². The molecular weight excluding hydrogens is 280 g/mol. The zero-order valence-corrected chi connectivity index (χ0v) is 14.4. The van der Waals surface area contributed by atoms with Crippen LogP contribution in [0.1, 0.15) is 59.3 Å². The number of hydrogen-bond acceptors (Lipinski definition) is 4. The molecule has 126 valence electrons. The number of carbonyl (C=O) groups excluding carboxylic acids is 1. The normalized spacial score (nSPS) is 40.0. The first-order valence-electron chi connectivity index (χ1n) is 8.68. The van der Waals surface area contributed by atoms with Crippen molar-refractivity contribution in [3.05, 3.63) is 0 Å². The zero-order chi connectivity index (χ0) is 16.0. The molecule has 0 radical (unpaired) electrons. The van der Waals surface area contributed by atoms with Gasteiger partial charge in [0.1, 0.15) is 0 Å². The standard InChI is InChI=1S/C18H30O4/c1-16(2)11-21-18(22-12-16)9-5-6-14-8-7-13(15(19)20-4)10-17(14,18)3/h13-14H,5-12H2,1-4H3/t13-,14+,17-/m0/s1. The molecule has 1 spiro atoms. The van der Waals surface area contributed by atoms with Crippen molar-refractivity contribution >= 4 is 5.97 Å². The predicted molar refractivity (Wildman–Crippen MR) is 83.2 cm³/mol. The van der Waals surface area contributed by atoms with Crippen LogP contribution in [0.3, 0.4) is 0 Å². The minimum absolute atomic E-state index is 0.0108. The molecule has 3 aliphatic rings. The Morgan fingerprint density at radius 2 is 1.77 bits per heavy atom. The Hall–Kier alpha value is -0.610. The Morgan fingerprint density at radius 1 is 1.09 bits per heavy atom. The topological polar surface area (TPSA) is 44.8 Å². The number of carbonyl (C=O) groups is 1. The van der Waals surface area contributed by atoms with Crippen molar-refractivity contribution in [1.82, 2.24) is 0 Å². The van der Waals surface area contributed by atoms with E-state index in [0.29, 0.717) is 5.92 Å². The molecule has 0 aromatic rings. The van der Waals surface area contributed by atoms with Crippen molar-refractivity contribution in [2.24, 2.45) is 22.7 Å². The molecule has 2 aliphatic carbocycles. The van der Waals surface area contributed by atoms with Gasteiger partial charge in [0.25, 0.3) is 0 Å². The van der Waals surface area contributed by atoms with E-state index in [2.05, 4.69) is 20.8 Å². The fourth-order valence-corrected chi connectivity index (χ4v) is 4.85. The van der Waals surface area contributed by atoms with Gasteiger partial charge in [-0.2, -0.15) is 0 Å². The number of fused-ring (bicyclic) bond motifs is 2. The molecule has 1 aliphatic heterocycles. The number of rotatable bonds is 1. The van der Waals surface area contributed by atoms with E-state index in [0.717, 1.165) is 45.3 Å². The molecule has 2 saturated carbocycles. The van der Waals surface area contributed by atoms with Crippen LogP contribution in [0.25, 0.3) is 0 Å². The van der Waals surface area contributed by atoms with Crippen LogP contribution in [0, 0.1) is 22.7 Å². The van der Waals surface area contributed by atoms with Crippen molar-refractivity contribution in [2.75, 3.05) is 20.3 Å². The number of ether oxygens (including phenoxy) is 3. The summed E-state index contributed by atoms with van der Waals surface area (Å²) in [6.07, 6.45) is 6.17. The summed E-state index contributed by atoms with van der Waals surface area (Å²) in [6, 6.07) is 0. The Balaban J connectivity index is 1.86. The Kier molecular flexibility index (Phi) is 4.05. The third kappa shape index (κ3) is 2.48. The summed E-state index contributed by atoms with van der Waals surface area (Å²) in [6.45, 7) is 8.11. The van der Waals surface area contributed by atoms with Gasteiger partial charge in [0.2, 0.25) is 0 Å². The summed E-state index contributed by atoms with van der Waals surface area (Å²) < 4.78 is 17.8. The predicted octanol–water partition coefficient (Wildman–Crippen LogP) is 3.54. The van der Waals surface area contributed by atoms with Crippen LogP contribution >= 0.6 is 0 Å². The first-order chi connectivity index (χ1) is 10.3. The van der Waals surface area contributed by atoms with Gasteiger partial charge in [-0.1, -0.05) is 20.8 Å². The number of methoxy groups -OCH3 is 1. The van der Waals surface area contributed by atoms with E-state index in [1.165, 1.54) is 13.5 Å². The fraction of sp³-hybridized carbons (Fsp3) is 0.944. The van der Waals surface area contributed by atoms with E-state index >= 15 is 0 Å². The average molecular weight is 310 g/mol. The summed E-state index contributed by atoms with van der Waals surface area (Å²) in [4.78, 5) is 12.1. The van der Waals surface area contributed by atoms with Crippen LogP contribution in [0.4, 0.5) is 0 Å². The van der Waals surface area contributed by atoms with Gasteiger partial charge in [0.15, 0.2) is 5.79 Å². The van der Waals surface area contributed by atoms with Crippen LogP contribution in [0.5, 0.6) is 0 Å². The van der Waals surface area contributed by atoms with E-state index in [4.69, 9.17) is 14.2 Å². The lowest BCUT2D eigenvalue weighted by Crippen LogP contribution is -2.63. The average Bonchev–Trinajstić information content (AvgIpc) is 2.49. The minimum atomic E-state index is -0.502. The lowest BCUT2D eigenvalue weighted by molar-refractivity contribution is -0.372. The van der Waals surface area contributed by atoms with Crippen molar-refractivity contribution in [1.29, 1.82) is 0 Å². The van der Waals surface area contributed by atoms with Crippen LogP contribution in [-0.2, 0) is 19.0 Å². The van der Waals surface area contributed by atoms with Gasteiger partial charge in [-0.05, 0) is 38.0 Å². The molecule has 3 fully saturated rings. The SMILES string of the molecule is COC(=O)[C@H]1CC[C@H]2CCCC3(OCC(C)(C)CO3)[C@@]2(C)C1. The van der Waals surface area contributed by atoms with Crippen LogP contribution < -0.4 is 0 Å². The maximum absolute atomic E-state index is 12.1. The van der Waals surface area contributed by atoms with Gasteiger partial charge < -0.3 is 14.2 Å². The van der Waals surface area contributed by atoms with E-state index in [1.54, 1.807) is 0 Å². The lowest BCUT2D eigenvalue weighted by Gasteiger charge is -2.60. The molecule has 3 rings (SSSR count). The molecule has 4 nitrogen and oxygen atoms in total. The summed E-state index contributed by atoms with van der Waals surface area (Å²) >= 11 is 0. The lowest BCUT2D eigenvalue weighted by atomic mass is 9.54. The van der Waals surface area contributed by atoms with Gasteiger partial charge >= 0.3 is 5.97 Å². The minimum Gasteiger partial charge on any atom is -0.469 e. The van der Waals surface area contributed by atoms with Gasteiger partial charge in [0.05, 0.1) is 26.2 Å². The van der Waals surface area contributed by atoms with Gasteiger partial charge in [-0.3, -0.25) is 4.79 Å². The van der Waals surface area contributed by atoms with Crippen LogP contribution in [0.15, 0.2) is 0 Å². The first-order valence-corrected chi connectivity index (χ1v) is 8.68. The molecule has 1 saturated heterocycles. The number of esters is 1. The van der Waals surface area contributed by atoms with E-state index in [-0.39, 0.29) is 22.7 Å². The van der Waals surface area contributed by atoms with E-state index < -0.39 is 5.79 Å². The molecule has 0 N–H and O–H groups in total. The maximum atomic E-state index is 12.1. The van der Waals surface area contributed by atoms with Gasteiger partial charge in [-0.15, -0.1) is 0 Å². The summed E-state index contributed by atoms with van der Waals surface area (Å²) in [7, 11) is 1.49. The molecule has 0 aromatic carbocycles. The second kappa shape index (κ2) is 5.48. The monoisotopic (exact) mass is 310 g/mol. The summed E-state index contributed by atoms with van der Waals surface area (Å²) in [5.74, 6) is 0.00117. The van der Waals surface area contributed by atoms with E-state index in [1.807, 2.05) is 0 Å². The van der Waals surface area contributed by atoms with E-state index in [9.17, 15) is 4.79 Å². The summed E-state index contributed by atoms with van der Waals surface area (Å²) in [5, 5.41) is 0. The van der Waals surface area contributed by atoms with Crippen molar-refractivity contribution < 1.29 is 19.0 Å². The Labute approximate surface area is 133 Å². The van der Waals surface area contributed by atoms with Gasteiger partial charge in [0, 0.05) is 17.3 Å². The summed E-state index contributed by atoms with van der Waals surface area (Å²) in [5.41, 5.74) is -0.0101. The second-order valence-electron chi connectivity index (χ2n) is 8.50. The molecule has 1 heterocycles. The largest absolute Gasteiger partial charge is 0.469 e. The molecule has 0 bridgehead atoms. The molecular formula is C18H30O4. The Morgan fingerprint density at radius 3 is 2.41 bits per heavy atom.